The van der Waals surface area contributed by atoms with E-state index in [9.17, 15) is 25.2 Å². The molecule has 0 aromatic heterocycles. The van der Waals surface area contributed by atoms with Gasteiger partial charge in [-0.3, -0.25) is 4.79 Å². The molecule has 2 unspecified atom stereocenters. The molecule has 0 spiro atoms. The Bertz CT molecular complexity index is 853. The number of carbonyl (C=O) groups is 1. The van der Waals surface area contributed by atoms with Gasteiger partial charge in [0.15, 0.2) is 11.4 Å². The molecule has 0 saturated carbocycles. The average molecular weight is 386 g/mol. The van der Waals surface area contributed by atoms with Crippen molar-refractivity contribution < 1.29 is 34.7 Å². The number of hydrogen-bond acceptors (Lipinski definition) is 7. The number of para-hydroxylation sites is 1. The quantitative estimate of drug-likeness (QED) is 0.603. The Labute approximate surface area is 161 Å². The van der Waals surface area contributed by atoms with E-state index in [0.29, 0.717) is 16.9 Å². The zero-order chi connectivity index (χ0) is 19.9. The van der Waals surface area contributed by atoms with Gasteiger partial charge in [0.1, 0.15) is 36.3 Å². The van der Waals surface area contributed by atoms with E-state index in [0.717, 1.165) is 0 Å². The summed E-state index contributed by atoms with van der Waals surface area (Å²) in [6, 6.07) is 15.7. The number of carbonyl (C=O) groups excluding carboxylic acids is 1. The topological polar surface area (TPSA) is 116 Å². The Morgan fingerprint density at radius 2 is 1.61 bits per heavy atom. The van der Waals surface area contributed by atoms with Crippen LogP contribution in [0.1, 0.15) is 22.3 Å². The Morgan fingerprint density at radius 3 is 2.32 bits per heavy atom. The van der Waals surface area contributed by atoms with E-state index in [-0.39, 0.29) is 12.2 Å². The van der Waals surface area contributed by atoms with Crippen molar-refractivity contribution in [3.8, 4) is 5.75 Å². The van der Waals surface area contributed by atoms with Gasteiger partial charge in [-0.05, 0) is 17.7 Å². The fourth-order valence-electron chi connectivity index (χ4n) is 4.04. The minimum Gasteiger partial charge on any atom is -0.478 e. The molecule has 0 amide bonds. The molecule has 2 aromatic rings. The summed E-state index contributed by atoms with van der Waals surface area (Å²) < 4.78 is 12.1. The summed E-state index contributed by atoms with van der Waals surface area (Å²) in [6.45, 7) is -0.559. The van der Waals surface area contributed by atoms with Gasteiger partial charge in [0.2, 0.25) is 0 Å². The molecule has 0 radical (unpaired) electrons. The number of rotatable bonds is 3. The van der Waals surface area contributed by atoms with E-state index in [1.807, 2.05) is 6.07 Å². The highest BCUT2D eigenvalue weighted by molar-refractivity contribution is 6.00. The lowest BCUT2D eigenvalue weighted by Crippen LogP contribution is -2.66. The van der Waals surface area contributed by atoms with Gasteiger partial charge in [-0.25, -0.2) is 0 Å². The molecule has 0 bridgehead atoms. The van der Waals surface area contributed by atoms with Crippen LogP contribution in [0.15, 0.2) is 54.6 Å². The van der Waals surface area contributed by atoms with Crippen molar-refractivity contribution in [1.82, 2.24) is 0 Å². The van der Waals surface area contributed by atoms with Gasteiger partial charge in [-0.2, -0.15) is 0 Å². The van der Waals surface area contributed by atoms with Crippen LogP contribution in [-0.2, 0) is 10.3 Å². The summed E-state index contributed by atoms with van der Waals surface area (Å²) in [6.07, 6.45) is -7.00. The van der Waals surface area contributed by atoms with Crippen LogP contribution in [0.2, 0.25) is 0 Å². The van der Waals surface area contributed by atoms with Crippen molar-refractivity contribution in [1.29, 1.82) is 0 Å². The number of ketones is 1. The standard InChI is InChI=1S/C21H22O7/c22-11-16-17(24)18(25)19(26)20(27-16)21(12-6-2-1-3-7-12)10-14(23)13-8-4-5-9-15(13)28-21/h1-9,16-20,22,24-26H,10-11H2/t16-,17-,18+,19-,20?,21?/m1/s1. The van der Waals surface area contributed by atoms with Crippen LogP contribution in [-0.4, -0.2) is 63.3 Å². The Hall–Kier alpha value is -2.29. The Morgan fingerprint density at radius 1 is 0.929 bits per heavy atom. The lowest BCUT2D eigenvalue weighted by atomic mass is 9.75. The first-order chi connectivity index (χ1) is 13.5. The number of ether oxygens (including phenoxy) is 2. The van der Waals surface area contributed by atoms with Crippen molar-refractivity contribution >= 4 is 5.78 Å². The maximum Gasteiger partial charge on any atom is 0.171 e. The number of aliphatic hydroxyl groups is 4. The summed E-state index contributed by atoms with van der Waals surface area (Å²) in [5.74, 6) is 0.155. The van der Waals surface area contributed by atoms with Crippen LogP contribution < -0.4 is 4.74 Å². The smallest absolute Gasteiger partial charge is 0.171 e. The lowest BCUT2D eigenvalue weighted by Gasteiger charge is -2.50. The van der Waals surface area contributed by atoms with Crippen LogP contribution in [0.25, 0.3) is 0 Å². The molecule has 1 saturated heterocycles. The number of benzene rings is 2. The monoisotopic (exact) mass is 386 g/mol. The summed E-state index contributed by atoms with van der Waals surface area (Å²) in [4.78, 5) is 12.9. The highest BCUT2D eigenvalue weighted by atomic mass is 16.6. The molecular formula is C21H22O7. The van der Waals surface area contributed by atoms with Gasteiger partial charge in [0.25, 0.3) is 0 Å². The van der Waals surface area contributed by atoms with Gasteiger partial charge >= 0.3 is 0 Å². The summed E-state index contributed by atoms with van der Waals surface area (Å²) >= 11 is 0. The minimum atomic E-state index is -1.56. The zero-order valence-electron chi connectivity index (χ0n) is 15.0. The molecule has 6 atom stereocenters. The van der Waals surface area contributed by atoms with E-state index in [1.54, 1.807) is 48.5 Å². The molecule has 2 aliphatic heterocycles. The van der Waals surface area contributed by atoms with E-state index in [4.69, 9.17) is 9.47 Å². The predicted octanol–water partition coefficient (Wildman–Crippen LogP) is 0.390. The zero-order valence-corrected chi connectivity index (χ0v) is 15.0. The largest absolute Gasteiger partial charge is 0.478 e. The van der Waals surface area contributed by atoms with E-state index < -0.39 is 42.7 Å². The minimum absolute atomic E-state index is 0.128. The number of Topliss-reactive ketones (excluding diaryl/α,β-unsaturated/α-hetero) is 1. The normalized spacial score (nSPS) is 35.1. The number of aliphatic hydroxyl groups excluding tert-OH is 4. The molecule has 7 nitrogen and oxygen atoms in total. The van der Waals surface area contributed by atoms with Crippen molar-refractivity contribution in [3.05, 3.63) is 65.7 Å². The van der Waals surface area contributed by atoms with Crippen molar-refractivity contribution in [2.45, 2.75) is 42.5 Å². The van der Waals surface area contributed by atoms with Gasteiger partial charge < -0.3 is 29.9 Å². The second-order valence-electron chi connectivity index (χ2n) is 7.20. The summed E-state index contributed by atoms with van der Waals surface area (Å²) in [7, 11) is 0. The van der Waals surface area contributed by atoms with Gasteiger partial charge in [0, 0.05) is 0 Å². The van der Waals surface area contributed by atoms with Crippen LogP contribution >= 0.6 is 0 Å². The Balaban J connectivity index is 1.85. The molecule has 148 valence electrons. The second kappa shape index (κ2) is 7.27. The first-order valence-electron chi connectivity index (χ1n) is 9.15. The van der Waals surface area contributed by atoms with Crippen LogP contribution in [0, 0.1) is 0 Å². The first kappa shape index (κ1) is 19.0. The number of fused-ring (bicyclic) bond motifs is 1. The fourth-order valence-corrected chi connectivity index (χ4v) is 4.04. The molecule has 28 heavy (non-hydrogen) atoms. The number of hydrogen-bond donors (Lipinski definition) is 4. The molecule has 4 rings (SSSR count). The summed E-state index contributed by atoms with van der Waals surface area (Å²) in [5, 5.41) is 40.7. The SMILES string of the molecule is O=C1CC(c2ccccc2)(C2O[C@H](CO)[C@@H](O)[C@H](O)[C@H]2O)Oc2ccccc21. The molecule has 7 heteroatoms. The Kier molecular flexibility index (Phi) is 4.95. The van der Waals surface area contributed by atoms with Gasteiger partial charge in [-0.1, -0.05) is 42.5 Å². The van der Waals surface area contributed by atoms with Crippen LogP contribution in [0.4, 0.5) is 0 Å². The third kappa shape index (κ3) is 2.92. The fraction of sp³-hybridized carbons (Fsp3) is 0.381. The highest BCUT2D eigenvalue weighted by Gasteiger charge is 2.57. The maximum atomic E-state index is 12.9. The maximum absolute atomic E-state index is 12.9. The second-order valence-corrected chi connectivity index (χ2v) is 7.20. The predicted molar refractivity (Wildman–Crippen MR) is 97.9 cm³/mol. The van der Waals surface area contributed by atoms with Crippen LogP contribution in [0.3, 0.4) is 0 Å². The molecular weight excluding hydrogens is 364 g/mol. The van der Waals surface area contributed by atoms with Crippen molar-refractivity contribution in [3.63, 3.8) is 0 Å². The van der Waals surface area contributed by atoms with E-state index in [1.165, 1.54) is 0 Å². The van der Waals surface area contributed by atoms with E-state index in [2.05, 4.69) is 0 Å². The molecule has 1 fully saturated rings. The van der Waals surface area contributed by atoms with Gasteiger partial charge in [0.05, 0.1) is 18.6 Å². The van der Waals surface area contributed by atoms with Gasteiger partial charge in [-0.15, -0.1) is 0 Å². The third-order valence-corrected chi connectivity index (χ3v) is 5.52. The van der Waals surface area contributed by atoms with E-state index >= 15 is 0 Å². The van der Waals surface area contributed by atoms with Crippen molar-refractivity contribution in [2.75, 3.05) is 6.61 Å². The third-order valence-electron chi connectivity index (χ3n) is 5.52. The highest BCUT2D eigenvalue weighted by Crippen LogP contribution is 2.45. The van der Waals surface area contributed by atoms with Crippen molar-refractivity contribution in [2.24, 2.45) is 0 Å². The lowest BCUT2D eigenvalue weighted by molar-refractivity contribution is -0.268. The molecule has 4 N–H and O–H groups in total. The van der Waals surface area contributed by atoms with Crippen LogP contribution in [0.5, 0.6) is 5.75 Å². The molecule has 2 aromatic carbocycles. The summed E-state index contributed by atoms with van der Waals surface area (Å²) in [5.41, 5.74) is -0.415. The molecule has 0 aliphatic carbocycles. The molecule has 2 aliphatic rings. The molecule has 2 heterocycles. The average Bonchev–Trinajstić information content (AvgIpc) is 2.73. The first-order valence-corrected chi connectivity index (χ1v) is 9.15.